The molecule has 0 aliphatic carbocycles. The Hall–Kier alpha value is -1.95. The number of nitrogens with one attached hydrogen (secondary N) is 1. The van der Waals surface area contributed by atoms with E-state index < -0.39 is 12.0 Å². The first-order valence-electron chi connectivity index (χ1n) is 9.00. The molecule has 1 atom stereocenters. The van der Waals surface area contributed by atoms with E-state index in [9.17, 15) is 9.90 Å². The summed E-state index contributed by atoms with van der Waals surface area (Å²) < 4.78 is 11.3. The van der Waals surface area contributed by atoms with Crippen molar-refractivity contribution in [2.24, 2.45) is 5.92 Å². The van der Waals surface area contributed by atoms with Crippen LogP contribution in [-0.4, -0.2) is 24.2 Å². The maximum absolute atomic E-state index is 11.4. The standard InChI is InChI=1S/C21H25Cl2NO4/c1-13(2)8-18(21(25)26)24-11-15-9-19(27-3)20(10-17(15)23)28-12-14-6-4-5-7-16(14)22/h4-7,9-10,13,18,24H,8,11-12H2,1-3H3,(H,25,26). The zero-order valence-electron chi connectivity index (χ0n) is 16.2. The molecule has 0 amide bonds. The summed E-state index contributed by atoms with van der Waals surface area (Å²) in [5, 5.41) is 13.5. The molecule has 0 saturated carbocycles. The molecule has 0 heterocycles. The Morgan fingerprint density at radius 1 is 1.11 bits per heavy atom. The van der Waals surface area contributed by atoms with E-state index in [0.717, 1.165) is 11.1 Å². The first-order valence-corrected chi connectivity index (χ1v) is 9.76. The Labute approximate surface area is 175 Å². The van der Waals surface area contributed by atoms with E-state index in [0.29, 0.717) is 34.5 Å². The van der Waals surface area contributed by atoms with Gasteiger partial charge in [0.2, 0.25) is 0 Å². The van der Waals surface area contributed by atoms with Crippen molar-refractivity contribution in [1.29, 1.82) is 0 Å². The molecule has 0 fully saturated rings. The van der Waals surface area contributed by atoms with Crippen LogP contribution in [0.2, 0.25) is 10.0 Å². The van der Waals surface area contributed by atoms with Gasteiger partial charge in [0.1, 0.15) is 12.6 Å². The van der Waals surface area contributed by atoms with Crippen molar-refractivity contribution in [3.8, 4) is 11.5 Å². The average molecular weight is 426 g/mol. The van der Waals surface area contributed by atoms with Crippen LogP contribution in [0.5, 0.6) is 11.5 Å². The van der Waals surface area contributed by atoms with E-state index in [4.69, 9.17) is 32.7 Å². The Morgan fingerprint density at radius 2 is 1.82 bits per heavy atom. The molecule has 0 aliphatic rings. The van der Waals surface area contributed by atoms with Gasteiger partial charge in [-0.1, -0.05) is 55.2 Å². The fourth-order valence-electron chi connectivity index (χ4n) is 2.73. The highest BCUT2D eigenvalue weighted by atomic mass is 35.5. The summed E-state index contributed by atoms with van der Waals surface area (Å²) in [7, 11) is 1.54. The van der Waals surface area contributed by atoms with Crippen LogP contribution in [0.1, 0.15) is 31.4 Å². The van der Waals surface area contributed by atoms with Gasteiger partial charge in [-0.2, -0.15) is 0 Å². The molecule has 28 heavy (non-hydrogen) atoms. The minimum absolute atomic E-state index is 0.263. The second-order valence-corrected chi connectivity index (χ2v) is 7.69. The molecule has 2 N–H and O–H groups in total. The van der Waals surface area contributed by atoms with Crippen LogP contribution in [0.3, 0.4) is 0 Å². The van der Waals surface area contributed by atoms with Gasteiger partial charge in [0.15, 0.2) is 11.5 Å². The fourth-order valence-corrected chi connectivity index (χ4v) is 3.14. The molecule has 7 heteroatoms. The highest BCUT2D eigenvalue weighted by molar-refractivity contribution is 6.31. The van der Waals surface area contributed by atoms with Gasteiger partial charge in [-0.25, -0.2) is 0 Å². The van der Waals surface area contributed by atoms with E-state index in [1.165, 1.54) is 0 Å². The van der Waals surface area contributed by atoms with Gasteiger partial charge in [0.05, 0.1) is 7.11 Å². The predicted octanol–water partition coefficient (Wildman–Crippen LogP) is 5.17. The molecule has 0 spiro atoms. The van der Waals surface area contributed by atoms with E-state index in [1.54, 1.807) is 25.3 Å². The van der Waals surface area contributed by atoms with Crippen molar-refractivity contribution >= 4 is 29.2 Å². The van der Waals surface area contributed by atoms with Crippen LogP contribution in [-0.2, 0) is 17.9 Å². The molecule has 2 aromatic rings. The summed E-state index contributed by atoms with van der Waals surface area (Å²) in [6, 6.07) is 10.2. The van der Waals surface area contributed by atoms with Crippen LogP contribution < -0.4 is 14.8 Å². The third-order valence-corrected chi connectivity index (χ3v) is 4.94. The van der Waals surface area contributed by atoms with Gasteiger partial charge < -0.3 is 19.9 Å². The Morgan fingerprint density at radius 3 is 2.43 bits per heavy atom. The molecule has 0 bridgehead atoms. The molecular formula is C21H25Cl2NO4. The number of halogens is 2. The van der Waals surface area contributed by atoms with Crippen LogP contribution in [0.15, 0.2) is 36.4 Å². The molecule has 0 saturated heterocycles. The quantitative estimate of drug-likeness (QED) is 0.549. The molecule has 5 nitrogen and oxygen atoms in total. The lowest BCUT2D eigenvalue weighted by atomic mass is 10.0. The third kappa shape index (κ3) is 6.30. The Balaban J connectivity index is 2.11. The van der Waals surface area contributed by atoms with Crippen LogP contribution in [0, 0.1) is 5.92 Å². The molecule has 2 aromatic carbocycles. The highest BCUT2D eigenvalue weighted by Gasteiger charge is 2.19. The largest absolute Gasteiger partial charge is 0.493 e. The van der Waals surface area contributed by atoms with Gasteiger partial charge in [-0.3, -0.25) is 4.79 Å². The van der Waals surface area contributed by atoms with Crippen molar-refractivity contribution in [2.45, 2.75) is 39.5 Å². The van der Waals surface area contributed by atoms with E-state index >= 15 is 0 Å². The lowest BCUT2D eigenvalue weighted by molar-refractivity contribution is -0.140. The number of methoxy groups -OCH3 is 1. The number of carbonyl (C=O) groups is 1. The summed E-state index contributed by atoms with van der Waals surface area (Å²) in [5.41, 5.74) is 1.59. The predicted molar refractivity (Wildman–Crippen MR) is 112 cm³/mol. The van der Waals surface area contributed by atoms with E-state index in [2.05, 4.69) is 5.32 Å². The highest BCUT2D eigenvalue weighted by Crippen LogP contribution is 2.34. The number of rotatable bonds is 10. The van der Waals surface area contributed by atoms with E-state index in [-0.39, 0.29) is 12.5 Å². The summed E-state index contributed by atoms with van der Waals surface area (Å²) in [6.45, 7) is 4.56. The molecule has 0 radical (unpaired) electrons. The van der Waals surface area contributed by atoms with Crippen molar-refractivity contribution in [2.75, 3.05) is 7.11 Å². The lowest BCUT2D eigenvalue weighted by Crippen LogP contribution is -2.37. The zero-order valence-corrected chi connectivity index (χ0v) is 17.7. The topological polar surface area (TPSA) is 67.8 Å². The van der Waals surface area contributed by atoms with Crippen LogP contribution >= 0.6 is 23.2 Å². The molecule has 0 aromatic heterocycles. The second kappa shape index (κ2) is 10.6. The molecular weight excluding hydrogens is 401 g/mol. The van der Waals surface area contributed by atoms with Gasteiger partial charge in [0.25, 0.3) is 0 Å². The normalized spacial score (nSPS) is 12.1. The average Bonchev–Trinajstić information content (AvgIpc) is 2.65. The maximum atomic E-state index is 11.4. The SMILES string of the molecule is COc1cc(CNC(CC(C)C)C(=O)O)c(Cl)cc1OCc1ccccc1Cl. The molecule has 152 valence electrons. The second-order valence-electron chi connectivity index (χ2n) is 6.88. The van der Waals surface area contributed by atoms with Crippen molar-refractivity contribution < 1.29 is 19.4 Å². The summed E-state index contributed by atoms with van der Waals surface area (Å²) in [6.07, 6.45) is 0.531. The van der Waals surface area contributed by atoms with Gasteiger partial charge in [0, 0.05) is 28.2 Å². The molecule has 1 unspecified atom stereocenters. The van der Waals surface area contributed by atoms with Gasteiger partial charge >= 0.3 is 5.97 Å². The summed E-state index contributed by atoms with van der Waals surface area (Å²) in [5.74, 6) is 0.396. The zero-order chi connectivity index (χ0) is 20.7. The number of hydrogen-bond donors (Lipinski definition) is 2. The number of ether oxygens (including phenoxy) is 2. The van der Waals surface area contributed by atoms with Crippen molar-refractivity contribution in [3.05, 3.63) is 57.6 Å². The number of hydrogen-bond acceptors (Lipinski definition) is 4. The lowest BCUT2D eigenvalue weighted by Gasteiger charge is -2.18. The van der Waals surface area contributed by atoms with Crippen molar-refractivity contribution in [1.82, 2.24) is 5.32 Å². The van der Waals surface area contributed by atoms with Crippen LogP contribution in [0.25, 0.3) is 0 Å². The maximum Gasteiger partial charge on any atom is 0.320 e. The van der Waals surface area contributed by atoms with Crippen molar-refractivity contribution in [3.63, 3.8) is 0 Å². The molecule has 0 aliphatic heterocycles. The third-order valence-electron chi connectivity index (χ3n) is 4.22. The van der Waals surface area contributed by atoms with Gasteiger partial charge in [-0.15, -0.1) is 0 Å². The fraction of sp³-hybridized carbons (Fsp3) is 0.381. The Bertz CT molecular complexity index is 811. The smallest absolute Gasteiger partial charge is 0.320 e. The summed E-state index contributed by atoms with van der Waals surface area (Å²) >= 11 is 12.6. The van der Waals surface area contributed by atoms with Gasteiger partial charge in [-0.05, 0) is 30.0 Å². The number of carboxylic acids is 1. The summed E-state index contributed by atoms with van der Waals surface area (Å²) in [4.78, 5) is 11.4. The first-order chi connectivity index (χ1) is 13.3. The molecule has 2 rings (SSSR count). The monoisotopic (exact) mass is 425 g/mol. The number of carboxylic acid groups (broad SMARTS) is 1. The van der Waals surface area contributed by atoms with Crippen LogP contribution in [0.4, 0.5) is 0 Å². The number of aliphatic carboxylic acids is 1. The Kier molecular flexibility index (Phi) is 8.42. The minimum Gasteiger partial charge on any atom is -0.493 e. The van der Waals surface area contributed by atoms with E-state index in [1.807, 2.05) is 32.0 Å². The minimum atomic E-state index is -0.878. The first kappa shape index (κ1) is 22.3. The number of benzene rings is 2.